The van der Waals surface area contributed by atoms with Gasteiger partial charge in [-0.25, -0.2) is 0 Å². The molecule has 0 fully saturated rings. The molecule has 2 aromatic rings. The van der Waals surface area contributed by atoms with Crippen LogP contribution in [-0.2, 0) is 22.5 Å². The van der Waals surface area contributed by atoms with E-state index < -0.39 is 6.29 Å². The number of hydrogen-bond acceptors (Lipinski definition) is 3. The van der Waals surface area contributed by atoms with E-state index in [0.29, 0.717) is 6.42 Å². The first-order valence-corrected chi connectivity index (χ1v) is 13.7. The molecule has 194 valence electrons. The third kappa shape index (κ3) is 10.9. The SMILES string of the molecule is CCCCCCCCc1ccccc1OC(CC)OC(=O)C(CC)C[N+](C)(C)Cc1ccccc1. The van der Waals surface area contributed by atoms with Crippen LogP contribution < -0.4 is 4.74 Å². The molecular formula is C31H48NO3+. The molecule has 2 atom stereocenters. The predicted octanol–water partition coefficient (Wildman–Crippen LogP) is 7.55. The molecule has 0 aromatic heterocycles. The van der Waals surface area contributed by atoms with Crippen LogP contribution >= 0.6 is 0 Å². The Morgan fingerprint density at radius 3 is 2.17 bits per heavy atom. The van der Waals surface area contributed by atoms with E-state index >= 15 is 0 Å². The average Bonchev–Trinajstić information content (AvgIpc) is 2.85. The maximum absolute atomic E-state index is 13.1. The van der Waals surface area contributed by atoms with E-state index in [-0.39, 0.29) is 11.9 Å². The number of nitrogens with zero attached hydrogens (tertiary/aromatic N) is 1. The molecule has 2 aromatic carbocycles. The fourth-order valence-corrected chi connectivity index (χ4v) is 4.59. The third-order valence-corrected chi connectivity index (χ3v) is 6.61. The summed E-state index contributed by atoms with van der Waals surface area (Å²) in [4.78, 5) is 13.1. The lowest BCUT2D eigenvalue weighted by Gasteiger charge is -2.33. The number of quaternary nitrogens is 1. The Hall–Kier alpha value is -2.33. The first-order valence-electron chi connectivity index (χ1n) is 13.7. The van der Waals surface area contributed by atoms with Crippen LogP contribution in [0.1, 0.15) is 83.3 Å². The molecule has 0 aliphatic carbocycles. The molecule has 0 amide bonds. The van der Waals surface area contributed by atoms with Gasteiger partial charge in [-0.1, -0.05) is 101 Å². The molecule has 0 aliphatic rings. The molecule has 2 unspecified atom stereocenters. The van der Waals surface area contributed by atoms with E-state index in [1.165, 1.54) is 43.2 Å². The smallest absolute Gasteiger partial charge is 0.317 e. The molecule has 0 saturated carbocycles. The first kappa shape index (κ1) is 28.9. The summed E-state index contributed by atoms with van der Waals surface area (Å²) in [5, 5.41) is 0. The molecule has 4 nitrogen and oxygen atoms in total. The van der Waals surface area contributed by atoms with Crippen molar-refractivity contribution in [2.75, 3.05) is 20.6 Å². The quantitative estimate of drug-likeness (QED) is 0.101. The second kappa shape index (κ2) is 15.6. The van der Waals surface area contributed by atoms with Crippen molar-refractivity contribution in [3.05, 3.63) is 65.7 Å². The van der Waals surface area contributed by atoms with Gasteiger partial charge in [0.25, 0.3) is 0 Å². The summed E-state index contributed by atoms with van der Waals surface area (Å²) < 4.78 is 12.9. The number of ether oxygens (including phenoxy) is 2. The number of aryl methyl sites for hydroxylation is 1. The van der Waals surface area contributed by atoms with Crippen molar-refractivity contribution in [3.8, 4) is 5.75 Å². The van der Waals surface area contributed by atoms with Crippen LogP contribution in [0.4, 0.5) is 0 Å². The Kier molecular flexibility index (Phi) is 12.9. The number of para-hydroxylation sites is 1. The van der Waals surface area contributed by atoms with E-state index in [0.717, 1.165) is 42.6 Å². The second-order valence-electron chi connectivity index (χ2n) is 10.4. The van der Waals surface area contributed by atoms with Crippen molar-refractivity contribution in [1.82, 2.24) is 0 Å². The highest BCUT2D eigenvalue weighted by Crippen LogP contribution is 2.24. The Bertz CT molecular complexity index is 849. The van der Waals surface area contributed by atoms with Crippen molar-refractivity contribution in [1.29, 1.82) is 0 Å². The van der Waals surface area contributed by atoms with Gasteiger partial charge >= 0.3 is 5.97 Å². The Balaban J connectivity index is 1.92. The van der Waals surface area contributed by atoms with Gasteiger partial charge < -0.3 is 14.0 Å². The van der Waals surface area contributed by atoms with E-state index in [4.69, 9.17) is 9.47 Å². The minimum absolute atomic E-state index is 0.160. The lowest BCUT2D eigenvalue weighted by atomic mass is 10.0. The largest absolute Gasteiger partial charge is 0.455 e. The zero-order valence-electron chi connectivity index (χ0n) is 22.8. The van der Waals surface area contributed by atoms with Crippen LogP contribution in [0.15, 0.2) is 54.6 Å². The maximum Gasteiger partial charge on any atom is 0.317 e. The van der Waals surface area contributed by atoms with Crippen LogP contribution in [0.2, 0.25) is 0 Å². The van der Waals surface area contributed by atoms with Gasteiger partial charge in [0.2, 0.25) is 6.29 Å². The van der Waals surface area contributed by atoms with E-state index in [1.54, 1.807) is 0 Å². The average molecular weight is 483 g/mol. The van der Waals surface area contributed by atoms with Crippen LogP contribution in [0.5, 0.6) is 5.75 Å². The summed E-state index contributed by atoms with van der Waals surface area (Å²) in [6.45, 7) is 7.92. The lowest BCUT2D eigenvalue weighted by Crippen LogP contribution is -2.45. The van der Waals surface area contributed by atoms with Gasteiger partial charge in [0.15, 0.2) is 0 Å². The fraction of sp³-hybridized carbons (Fsp3) is 0.581. The number of hydrogen-bond donors (Lipinski definition) is 0. The Labute approximate surface area is 214 Å². The summed E-state index contributed by atoms with van der Waals surface area (Å²) in [5.74, 6) is 0.519. The molecule has 4 heteroatoms. The number of carbonyl (C=O) groups is 1. The van der Waals surface area contributed by atoms with Gasteiger partial charge in [-0.2, -0.15) is 0 Å². The number of carbonyl (C=O) groups excluding carboxylic acids is 1. The molecule has 0 saturated heterocycles. The summed E-state index contributed by atoms with van der Waals surface area (Å²) in [7, 11) is 4.35. The topological polar surface area (TPSA) is 35.5 Å². The van der Waals surface area contributed by atoms with Crippen LogP contribution in [0, 0.1) is 5.92 Å². The monoisotopic (exact) mass is 482 g/mol. The Morgan fingerprint density at radius 2 is 1.49 bits per heavy atom. The van der Waals surface area contributed by atoms with Crippen molar-refractivity contribution >= 4 is 5.97 Å². The summed E-state index contributed by atoms with van der Waals surface area (Å²) in [6.07, 6.45) is 9.42. The van der Waals surface area contributed by atoms with Crippen LogP contribution in [-0.4, -0.2) is 37.4 Å². The molecule has 0 radical (unpaired) electrons. The summed E-state index contributed by atoms with van der Waals surface area (Å²) >= 11 is 0. The standard InChI is InChI=1S/C31H48NO3/c1-6-9-10-11-12-16-21-28-22-17-18-23-29(28)34-30(8-3)35-31(33)27(7-2)25-32(4,5)24-26-19-14-13-15-20-26/h13-15,17-20,22-23,27,30H,6-12,16,21,24-25H2,1-5H3/q+1. The van der Waals surface area contributed by atoms with Crippen molar-refractivity contribution in [2.45, 2.75) is 91.4 Å². The van der Waals surface area contributed by atoms with Crippen molar-refractivity contribution in [2.24, 2.45) is 5.92 Å². The fourth-order valence-electron chi connectivity index (χ4n) is 4.59. The number of rotatable bonds is 17. The molecular weight excluding hydrogens is 434 g/mol. The molecule has 0 spiro atoms. The van der Waals surface area contributed by atoms with E-state index in [2.05, 4.69) is 64.3 Å². The minimum Gasteiger partial charge on any atom is -0.455 e. The molecule has 0 bridgehead atoms. The van der Waals surface area contributed by atoms with Gasteiger partial charge in [0, 0.05) is 12.0 Å². The third-order valence-electron chi connectivity index (χ3n) is 6.61. The van der Waals surface area contributed by atoms with E-state index in [9.17, 15) is 4.79 Å². The van der Waals surface area contributed by atoms with Gasteiger partial charge in [-0.15, -0.1) is 0 Å². The van der Waals surface area contributed by atoms with Gasteiger partial charge in [0.1, 0.15) is 18.2 Å². The molecule has 0 aliphatic heterocycles. The zero-order valence-corrected chi connectivity index (χ0v) is 22.8. The van der Waals surface area contributed by atoms with Gasteiger partial charge in [-0.05, 0) is 30.9 Å². The van der Waals surface area contributed by atoms with Gasteiger partial charge in [-0.3, -0.25) is 4.79 Å². The second-order valence-corrected chi connectivity index (χ2v) is 10.4. The van der Waals surface area contributed by atoms with Gasteiger partial charge in [0.05, 0.1) is 20.6 Å². The summed E-state index contributed by atoms with van der Waals surface area (Å²) in [6, 6.07) is 18.6. The van der Waals surface area contributed by atoms with E-state index in [1.807, 2.05) is 25.1 Å². The number of esters is 1. The zero-order chi connectivity index (χ0) is 25.5. The minimum atomic E-state index is -0.563. The molecule has 0 N–H and O–H groups in total. The maximum atomic E-state index is 13.1. The first-order chi connectivity index (χ1) is 16.9. The van der Waals surface area contributed by atoms with Crippen LogP contribution in [0.25, 0.3) is 0 Å². The predicted molar refractivity (Wildman–Crippen MR) is 145 cm³/mol. The molecule has 2 rings (SSSR count). The highest BCUT2D eigenvalue weighted by atomic mass is 16.7. The highest BCUT2D eigenvalue weighted by molar-refractivity contribution is 5.72. The lowest BCUT2D eigenvalue weighted by molar-refractivity contribution is -0.906. The number of benzene rings is 2. The number of unbranched alkanes of at least 4 members (excludes halogenated alkanes) is 5. The van der Waals surface area contributed by atoms with Crippen molar-refractivity contribution in [3.63, 3.8) is 0 Å². The summed E-state index contributed by atoms with van der Waals surface area (Å²) in [5.41, 5.74) is 2.47. The highest BCUT2D eigenvalue weighted by Gasteiger charge is 2.30. The van der Waals surface area contributed by atoms with Crippen LogP contribution in [0.3, 0.4) is 0 Å². The van der Waals surface area contributed by atoms with Crippen molar-refractivity contribution < 1.29 is 18.8 Å². The normalized spacial score (nSPS) is 13.3. The molecule has 35 heavy (non-hydrogen) atoms. The molecule has 0 heterocycles. The Morgan fingerprint density at radius 1 is 0.829 bits per heavy atom.